The lowest BCUT2D eigenvalue weighted by Crippen LogP contribution is -2.39. The Kier molecular flexibility index (Phi) is 5.80. The van der Waals surface area contributed by atoms with Crippen molar-refractivity contribution in [1.29, 1.82) is 0 Å². The van der Waals surface area contributed by atoms with E-state index in [-0.39, 0.29) is 11.5 Å². The van der Waals surface area contributed by atoms with E-state index in [1.54, 1.807) is 10.6 Å². The molecule has 1 saturated heterocycles. The predicted molar refractivity (Wildman–Crippen MR) is 121 cm³/mol. The van der Waals surface area contributed by atoms with Gasteiger partial charge in [-0.05, 0) is 48.8 Å². The van der Waals surface area contributed by atoms with Gasteiger partial charge < -0.3 is 14.0 Å². The first-order valence-corrected chi connectivity index (χ1v) is 11.0. The number of carbonyl (C=O) groups is 1. The maximum absolute atomic E-state index is 13.2. The summed E-state index contributed by atoms with van der Waals surface area (Å²) in [7, 11) is 1.88. The van der Waals surface area contributed by atoms with Crippen molar-refractivity contribution in [3.05, 3.63) is 70.3 Å². The van der Waals surface area contributed by atoms with E-state index in [9.17, 15) is 9.59 Å². The highest BCUT2D eigenvalue weighted by Gasteiger charge is 2.26. The molecule has 3 heterocycles. The largest absolute Gasteiger partial charge is 0.339 e. The van der Waals surface area contributed by atoms with Gasteiger partial charge in [-0.2, -0.15) is 0 Å². The van der Waals surface area contributed by atoms with Gasteiger partial charge in [-0.3, -0.25) is 9.59 Å². The van der Waals surface area contributed by atoms with E-state index in [0.717, 1.165) is 37.9 Å². The minimum absolute atomic E-state index is 0.0163. The third kappa shape index (κ3) is 4.07. The van der Waals surface area contributed by atoms with Crippen LogP contribution in [0, 0.1) is 11.8 Å². The summed E-state index contributed by atoms with van der Waals surface area (Å²) in [6.45, 7) is 6.42. The number of hydrogen-bond acceptors (Lipinski definition) is 2. The zero-order chi connectivity index (χ0) is 21.3. The molecule has 0 radical (unpaired) electrons. The minimum Gasteiger partial charge on any atom is -0.339 e. The predicted octanol–water partition coefficient (Wildman–Crippen LogP) is 4.09. The van der Waals surface area contributed by atoms with Crippen LogP contribution in [-0.2, 0) is 20.0 Å². The van der Waals surface area contributed by atoms with Gasteiger partial charge in [0.25, 0.3) is 11.5 Å². The van der Waals surface area contributed by atoms with Crippen molar-refractivity contribution >= 4 is 16.8 Å². The third-order valence-electron chi connectivity index (χ3n) is 6.23. The summed E-state index contributed by atoms with van der Waals surface area (Å²) in [5.74, 6) is 1.04. The molecule has 0 atom stereocenters. The maximum atomic E-state index is 13.2. The monoisotopic (exact) mass is 405 g/mol. The van der Waals surface area contributed by atoms with Gasteiger partial charge in [0, 0.05) is 32.9 Å². The topological polar surface area (TPSA) is 47.2 Å². The Morgan fingerprint density at radius 2 is 1.80 bits per heavy atom. The second kappa shape index (κ2) is 8.50. The molecule has 2 aromatic heterocycles. The fourth-order valence-electron chi connectivity index (χ4n) is 4.57. The van der Waals surface area contributed by atoms with Crippen molar-refractivity contribution in [1.82, 2.24) is 14.0 Å². The second-order valence-electron chi connectivity index (χ2n) is 8.98. The quantitative estimate of drug-likeness (QED) is 0.642. The smallest absolute Gasteiger partial charge is 0.270 e. The average molecular weight is 406 g/mol. The van der Waals surface area contributed by atoms with Crippen LogP contribution >= 0.6 is 0 Å². The first kappa shape index (κ1) is 20.5. The molecular weight excluding hydrogens is 374 g/mol. The Morgan fingerprint density at radius 1 is 1.10 bits per heavy atom. The Labute approximate surface area is 177 Å². The fourth-order valence-corrected chi connectivity index (χ4v) is 4.57. The molecule has 0 aliphatic carbocycles. The van der Waals surface area contributed by atoms with Gasteiger partial charge in [0.2, 0.25) is 0 Å². The van der Waals surface area contributed by atoms with Crippen molar-refractivity contribution in [3.8, 4) is 0 Å². The summed E-state index contributed by atoms with van der Waals surface area (Å²) in [6.07, 6.45) is 4.96. The number of aryl methyl sites for hydroxylation is 1. The molecule has 1 amide bonds. The standard InChI is InChI=1S/C25H31N3O2/c1-18(2)17-28-14-11-22-21(24(28)29)16-23(26(22)3)25(30)27-12-9-20(10-13-27)15-19-7-5-4-6-8-19/h4-8,11,14,16,18,20H,9-10,12-13,15,17H2,1-3H3. The molecule has 158 valence electrons. The average Bonchev–Trinajstić information content (AvgIpc) is 3.08. The highest BCUT2D eigenvalue weighted by atomic mass is 16.2. The van der Waals surface area contributed by atoms with Crippen molar-refractivity contribution in [2.24, 2.45) is 18.9 Å². The number of nitrogens with zero attached hydrogens (tertiary/aromatic N) is 3. The van der Waals surface area contributed by atoms with E-state index < -0.39 is 0 Å². The maximum Gasteiger partial charge on any atom is 0.270 e. The summed E-state index contributed by atoms with van der Waals surface area (Å²) >= 11 is 0. The summed E-state index contributed by atoms with van der Waals surface area (Å²) in [5.41, 5.74) is 2.78. The molecule has 0 bridgehead atoms. The second-order valence-corrected chi connectivity index (χ2v) is 8.98. The summed E-state index contributed by atoms with van der Waals surface area (Å²) in [6, 6.07) is 14.3. The first-order chi connectivity index (χ1) is 14.4. The van der Waals surface area contributed by atoms with Crippen molar-refractivity contribution in [2.45, 2.75) is 39.7 Å². The van der Waals surface area contributed by atoms with Crippen LogP contribution in [0.5, 0.6) is 0 Å². The molecule has 1 aliphatic heterocycles. The van der Waals surface area contributed by atoms with Gasteiger partial charge >= 0.3 is 0 Å². The highest BCUT2D eigenvalue weighted by molar-refractivity contribution is 5.98. The molecule has 5 nitrogen and oxygen atoms in total. The van der Waals surface area contributed by atoms with Crippen LogP contribution in [0.4, 0.5) is 0 Å². The molecule has 1 aromatic carbocycles. The summed E-state index contributed by atoms with van der Waals surface area (Å²) in [4.78, 5) is 28.0. The van der Waals surface area contributed by atoms with E-state index in [1.807, 2.05) is 34.8 Å². The van der Waals surface area contributed by atoms with E-state index >= 15 is 0 Å². The van der Waals surface area contributed by atoms with E-state index in [4.69, 9.17) is 0 Å². The minimum atomic E-state index is -0.0163. The highest BCUT2D eigenvalue weighted by Crippen LogP contribution is 2.24. The van der Waals surface area contributed by atoms with Gasteiger partial charge in [-0.1, -0.05) is 44.2 Å². The van der Waals surface area contributed by atoms with Crippen LogP contribution < -0.4 is 5.56 Å². The molecule has 1 fully saturated rings. The number of likely N-dealkylation sites (tertiary alicyclic amines) is 1. The molecule has 0 saturated carbocycles. The molecule has 3 aromatic rings. The van der Waals surface area contributed by atoms with Gasteiger partial charge in [0.1, 0.15) is 5.69 Å². The van der Waals surface area contributed by atoms with Gasteiger partial charge in [-0.15, -0.1) is 0 Å². The van der Waals surface area contributed by atoms with Gasteiger partial charge in [0.15, 0.2) is 0 Å². The number of amides is 1. The normalized spacial score (nSPS) is 15.3. The Balaban J connectivity index is 1.49. The van der Waals surface area contributed by atoms with E-state index in [1.165, 1.54) is 5.56 Å². The molecule has 5 heteroatoms. The Morgan fingerprint density at radius 3 is 2.47 bits per heavy atom. The number of benzene rings is 1. The number of hydrogen-bond donors (Lipinski definition) is 0. The molecule has 0 spiro atoms. The van der Waals surface area contributed by atoms with Crippen LogP contribution in [0.2, 0.25) is 0 Å². The van der Waals surface area contributed by atoms with Crippen molar-refractivity contribution in [2.75, 3.05) is 13.1 Å². The van der Waals surface area contributed by atoms with Crippen LogP contribution in [0.3, 0.4) is 0 Å². The van der Waals surface area contributed by atoms with E-state index in [0.29, 0.717) is 29.5 Å². The van der Waals surface area contributed by atoms with Crippen LogP contribution in [0.25, 0.3) is 10.9 Å². The van der Waals surface area contributed by atoms with E-state index in [2.05, 4.69) is 38.1 Å². The van der Waals surface area contributed by atoms with Crippen LogP contribution in [-0.4, -0.2) is 33.0 Å². The van der Waals surface area contributed by atoms with Gasteiger partial charge in [-0.25, -0.2) is 0 Å². The number of piperidine rings is 1. The summed E-state index contributed by atoms with van der Waals surface area (Å²) in [5, 5.41) is 0.628. The van der Waals surface area contributed by atoms with Crippen molar-refractivity contribution < 1.29 is 4.79 Å². The number of pyridine rings is 1. The van der Waals surface area contributed by atoms with Gasteiger partial charge in [0.05, 0.1) is 10.9 Å². The SMILES string of the molecule is CC(C)Cn1ccc2c(cc(C(=O)N3CCC(Cc4ccccc4)CC3)n2C)c1=O. The van der Waals surface area contributed by atoms with Crippen molar-refractivity contribution in [3.63, 3.8) is 0 Å². The van der Waals surface area contributed by atoms with Crippen LogP contribution in [0.1, 0.15) is 42.7 Å². The molecule has 1 aliphatic rings. The van der Waals surface area contributed by atoms with Crippen LogP contribution in [0.15, 0.2) is 53.5 Å². The number of aromatic nitrogens is 2. The molecule has 30 heavy (non-hydrogen) atoms. The number of carbonyl (C=O) groups excluding carboxylic acids is 1. The Bertz CT molecular complexity index is 1090. The zero-order valence-electron chi connectivity index (χ0n) is 18.2. The lowest BCUT2D eigenvalue weighted by molar-refractivity contribution is 0.0681. The Hall–Kier alpha value is -2.82. The fraction of sp³-hybridized carbons (Fsp3) is 0.440. The lowest BCUT2D eigenvalue weighted by atomic mass is 9.90. The summed E-state index contributed by atoms with van der Waals surface area (Å²) < 4.78 is 3.62. The molecular formula is C25H31N3O2. The first-order valence-electron chi connectivity index (χ1n) is 11.0. The third-order valence-corrected chi connectivity index (χ3v) is 6.23. The lowest BCUT2D eigenvalue weighted by Gasteiger charge is -2.32. The number of fused-ring (bicyclic) bond motifs is 1. The zero-order valence-corrected chi connectivity index (χ0v) is 18.2. The molecule has 4 rings (SSSR count). The number of rotatable bonds is 5. The molecule has 0 N–H and O–H groups in total. The molecule has 0 unspecified atom stereocenters.